The van der Waals surface area contributed by atoms with Crippen LogP contribution in [0.2, 0.25) is 0 Å². The van der Waals surface area contributed by atoms with Crippen molar-refractivity contribution in [3.63, 3.8) is 0 Å². The normalized spacial score (nSPS) is 11.8. The van der Waals surface area contributed by atoms with Crippen LogP contribution in [0.5, 0.6) is 0 Å². The van der Waals surface area contributed by atoms with E-state index in [1.54, 1.807) is 0 Å². The number of rotatable bonds is 3. The van der Waals surface area contributed by atoms with Gasteiger partial charge in [0.15, 0.2) is 0 Å². The lowest BCUT2D eigenvalue weighted by molar-refractivity contribution is -0.154. The maximum Gasteiger partial charge on any atom is 0.303 e. The molecular weight excluding hydrogens is 142 g/mol. The van der Waals surface area contributed by atoms with E-state index in [1.807, 2.05) is 32.8 Å². The van der Waals surface area contributed by atoms with Crippen LogP contribution in [0, 0.1) is 0 Å². The first kappa shape index (κ1) is 10.4. The second-order valence-corrected chi connectivity index (χ2v) is 3.59. The SMILES string of the molecule is CC(=O)OC(C)(C)CN(C)C. The third kappa shape index (κ3) is 5.85. The largest absolute Gasteiger partial charge is 0.458 e. The van der Waals surface area contributed by atoms with Gasteiger partial charge in [-0.05, 0) is 27.9 Å². The lowest BCUT2D eigenvalue weighted by Gasteiger charge is -2.27. The topological polar surface area (TPSA) is 29.5 Å². The van der Waals surface area contributed by atoms with E-state index in [0.717, 1.165) is 6.54 Å². The zero-order valence-electron chi connectivity index (χ0n) is 7.97. The highest BCUT2D eigenvalue weighted by Crippen LogP contribution is 2.09. The Balaban J connectivity index is 3.89. The predicted molar refractivity (Wildman–Crippen MR) is 44.4 cm³/mol. The van der Waals surface area contributed by atoms with Crippen molar-refractivity contribution in [1.29, 1.82) is 0 Å². The fourth-order valence-electron chi connectivity index (χ4n) is 1.18. The van der Waals surface area contributed by atoms with Crippen molar-refractivity contribution in [3.8, 4) is 0 Å². The van der Waals surface area contributed by atoms with Crippen LogP contribution in [0.15, 0.2) is 0 Å². The van der Waals surface area contributed by atoms with E-state index >= 15 is 0 Å². The fourth-order valence-corrected chi connectivity index (χ4v) is 1.18. The van der Waals surface area contributed by atoms with E-state index in [2.05, 4.69) is 0 Å². The Morgan fingerprint density at radius 1 is 1.45 bits per heavy atom. The van der Waals surface area contributed by atoms with Crippen LogP contribution < -0.4 is 0 Å². The Hall–Kier alpha value is -0.570. The molecule has 3 nitrogen and oxygen atoms in total. The molecule has 0 amide bonds. The number of nitrogens with zero attached hydrogens (tertiary/aromatic N) is 1. The number of hydrogen-bond acceptors (Lipinski definition) is 3. The molecule has 0 atom stereocenters. The molecular formula is C8H17NO2. The van der Waals surface area contributed by atoms with Crippen LogP contribution in [-0.2, 0) is 9.53 Å². The zero-order valence-corrected chi connectivity index (χ0v) is 7.97. The number of esters is 1. The smallest absolute Gasteiger partial charge is 0.303 e. The number of carbonyl (C=O) groups is 1. The van der Waals surface area contributed by atoms with Crippen molar-refractivity contribution in [2.24, 2.45) is 0 Å². The van der Waals surface area contributed by atoms with Gasteiger partial charge >= 0.3 is 5.97 Å². The minimum atomic E-state index is -0.380. The first-order chi connectivity index (χ1) is 4.83. The van der Waals surface area contributed by atoms with Crippen LogP contribution in [0.3, 0.4) is 0 Å². The van der Waals surface area contributed by atoms with Gasteiger partial charge in [-0.25, -0.2) is 0 Å². The average Bonchev–Trinajstić information content (AvgIpc) is 1.53. The van der Waals surface area contributed by atoms with Crippen molar-refractivity contribution < 1.29 is 9.53 Å². The molecule has 0 saturated heterocycles. The lowest BCUT2D eigenvalue weighted by Crippen LogP contribution is -2.38. The molecule has 0 aromatic rings. The van der Waals surface area contributed by atoms with Gasteiger partial charge in [0.25, 0.3) is 0 Å². The van der Waals surface area contributed by atoms with Crippen LogP contribution in [0.25, 0.3) is 0 Å². The highest BCUT2D eigenvalue weighted by atomic mass is 16.6. The molecule has 0 aliphatic rings. The molecule has 0 heterocycles. The van der Waals surface area contributed by atoms with Gasteiger partial charge in [-0.3, -0.25) is 4.79 Å². The van der Waals surface area contributed by atoms with Crippen molar-refractivity contribution in [1.82, 2.24) is 4.90 Å². The molecule has 11 heavy (non-hydrogen) atoms. The van der Waals surface area contributed by atoms with Gasteiger partial charge < -0.3 is 9.64 Å². The second kappa shape index (κ2) is 3.72. The molecule has 0 aromatic carbocycles. The quantitative estimate of drug-likeness (QED) is 0.573. The summed E-state index contributed by atoms with van der Waals surface area (Å²) in [6, 6.07) is 0. The molecule has 0 bridgehead atoms. The van der Waals surface area contributed by atoms with Crippen LogP contribution in [0.1, 0.15) is 20.8 Å². The number of likely N-dealkylation sites (N-methyl/N-ethyl adjacent to an activating group) is 1. The second-order valence-electron chi connectivity index (χ2n) is 3.59. The minimum absolute atomic E-state index is 0.225. The number of ether oxygens (including phenoxy) is 1. The van der Waals surface area contributed by atoms with Crippen LogP contribution >= 0.6 is 0 Å². The van der Waals surface area contributed by atoms with Crippen molar-refractivity contribution in [2.45, 2.75) is 26.4 Å². The Labute approximate surface area is 68.3 Å². The van der Waals surface area contributed by atoms with Gasteiger partial charge in [0.2, 0.25) is 0 Å². The fraction of sp³-hybridized carbons (Fsp3) is 0.875. The average molecular weight is 159 g/mol. The standard InChI is InChI=1S/C8H17NO2/c1-7(10)11-8(2,3)6-9(4)5/h6H2,1-5H3. The van der Waals surface area contributed by atoms with Gasteiger partial charge in [-0.2, -0.15) is 0 Å². The molecule has 0 rings (SSSR count). The molecule has 0 radical (unpaired) electrons. The molecule has 0 aliphatic carbocycles. The van der Waals surface area contributed by atoms with E-state index in [0.29, 0.717) is 0 Å². The maximum absolute atomic E-state index is 10.6. The van der Waals surface area contributed by atoms with Gasteiger partial charge in [0.1, 0.15) is 5.60 Å². The van der Waals surface area contributed by atoms with Crippen LogP contribution in [0.4, 0.5) is 0 Å². The van der Waals surface area contributed by atoms with Gasteiger partial charge in [-0.1, -0.05) is 0 Å². The summed E-state index contributed by atoms with van der Waals surface area (Å²) in [4.78, 5) is 12.6. The Morgan fingerprint density at radius 2 is 1.91 bits per heavy atom. The first-order valence-electron chi connectivity index (χ1n) is 3.68. The number of carbonyl (C=O) groups excluding carboxylic acids is 1. The van der Waals surface area contributed by atoms with E-state index in [-0.39, 0.29) is 11.6 Å². The highest BCUT2D eigenvalue weighted by molar-refractivity contribution is 5.66. The third-order valence-corrected chi connectivity index (χ3v) is 1.12. The summed E-state index contributed by atoms with van der Waals surface area (Å²) in [5.41, 5.74) is -0.380. The molecule has 0 spiro atoms. The summed E-state index contributed by atoms with van der Waals surface area (Å²) in [5, 5.41) is 0. The Bertz CT molecular complexity index is 141. The molecule has 0 unspecified atom stereocenters. The molecule has 0 saturated carbocycles. The summed E-state index contributed by atoms with van der Waals surface area (Å²) in [6.07, 6.45) is 0. The molecule has 0 aliphatic heterocycles. The highest BCUT2D eigenvalue weighted by Gasteiger charge is 2.21. The Morgan fingerprint density at radius 3 is 2.18 bits per heavy atom. The lowest BCUT2D eigenvalue weighted by atomic mass is 10.1. The maximum atomic E-state index is 10.6. The summed E-state index contributed by atoms with van der Waals surface area (Å²) < 4.78 is 5.07. The summed E-state index contributed by atoms with van der Waals surface area (Å²) in [5.74, 6) is -0.225. The van der Waals surface area contributed by atoms with E-state index < -0.39 is 0 Å². The molecule has 0 fully saturated rings. The number of hydrogen-bond donors (Lipinski definition) is 0. The third-order valence-electron chi connectivity index (χ3n) is 1.12. The van der Waals surface area contributed by atoms with E-state index in [1.165, 1.54) is 6.92 Å². The van der Waals surface area contributed by atoms with Gasteiger partial charge in [0.05, 0.1) is 0 Å². The molecule has 3 heteroatoms. The van der Waals surface area contributed by atoms with Gasteiger partial charge in [0, 0.05) is 13.5 Å². The molecule has 0 N–H and O–H groups in total. The minimum Gasteiger partial charge on any atom is -0.458 e. The van der Waals surface area contributed by atoms with Gasteiger partial charge in [-0.15, -0.1) is 0 Å². The molecule has 66 valence electrons. The van der Waals surface area contributed by atoms with E-state index in [4.69, 9.17) is 4.74 Å². The zero-order chi connectivity index (χ0) is 9.07. The summed E-state index contributed by atoms with van der Waals surface area (Å²) in [6.45, 7) is 5.97. The summed E-state index contributed by atoms with van der Waals surface area (Å²) in [7, 11) is 3.90. The van der Waals surface area contributed by atoms with E-state index in [9.17, 15) is 4.79 Å². The first-order valence-corrected chi connectivity index (χ1v) is 3.68. The monoisotopic (exact) mass is 159 g/mol. The van der Waals surface area contributed by atoms with Crippen LogP contribution in [-0.4, -0.2) is 37.1 Å². The van der Waals surface area contributed by atoms with Crippen molar-refractivity contribution in [3.05, 3.63) is 0 Å². The summed E-state index contributed by atoms with van der Waals surface area (Å²) >= 11 is 0. The molecule has 0 aromatic heterocycles. The van der Waals surface area contributed by atoms with Crippen molar-refractivity contribution in [2.75, 3.05) is 20.6 Å². The van der Waals surface area contributed by atoms with Crippen molar-refractivity contribution >= 4 is 5.97 Å². The Kier molecular flexibility index (Phi) is 3.52. The predicted octanol–water partition coefficient (Wildman–Crippen LogP) is 0.890.